The van der Waals surface area contributed by atoms with Gasteiger partial charge in [-0.3, -0.25) is 9.55 Å². The molecule has 1 atom stereocenters. The van der Waals surface area contributed by atoms with Crippen LogP contribution in [0.25, 0.3) is 11.4 Å². The third-order valence-electron chi connectivity index (χ3n) is 4.68. The molecule has 8 heteroatoms. The van der Waals surface area contributed by atoms with Crippen LogP contribution in [0.2, 0.25) is 5.02 Å². The Morgan fingerprint density at radius 3 is 2.67 bits per heavy atom. The predicted octanol–water partition coefficient (Wildman–Crippen LogP) is 3.28. The van der Waals surface area contributed by atoms with E-state index in [1.807, 2.05) is 23.9 Å². The third kappa shape index (κ3) is 3.81. The number of hydrogen-bond acceptors (Lipinski definition) is 3. The van der Waals surface area contributed by atoms with Crippen LogP contribution in [-0.4, -0.2) is 26.4 Å². The molecule has 27 heavy (non-hydrogen) atoms. The Kier molecular flexibility index (Phi) is 5.08. The monoisotopic (exact) mass is 404 g/mol. The van der Waals surface area contributed by atoms with Gasteiger partial charge in [0.15, 0.2) is 12.5 Å². The Bertz CT molecular complexity index is 992. The first kappa shape index (κ1) is 18.3. The number of nitrogens with one attached hydrogen (secondary N) is 1. The van der Waals surface area contributed by atoms with Gasteiger partial charge in [-0.2, -0.15) is 4.68 Å². The zero-order valence-corrected chi connectivity index (χ0v) is 16.5. The van der Waals surface area contributed by atoms with E-state index in [0.717, 1.165) is 29.1 Å². The van der Waals surface area contributed by atoms with Crippen LogP contribution in [0.4, 0.5) is 4.39 Å². The molecule has 1 aromatic carbocycles. The summed E-state index contributed by atoms with van der Waals surface area (Å²) in [5.41, 5.74) is 1.51. The maximum absolute atomic E-state index is 14.1. The van der Waals surface area contributed by atoms with Gasteiger partial charge in [-0.25, -0.2) is 4.39 Å². The van der Waals surface area contributed by atoms with Crippen molar-refractivity contribution in [1.82, 2.24) is 19.3 Å². The van der Waals surface area contributed by atoms with E-state index in [1.54, 1.807) is 24.5 Å². The highest BCUT2D eigenvalue weighted by molar-refractivity contribution is 7.71. The first-order valence-electron chi connectivity index (χ1n) is 8.88. The second-order valence-corrected chi connectivity index (χ2v) is 7.71. The van der Waals surface area contributed by atoms with E-state index in [0.29, 0.717) is 34.6 Å². The molecule has 4 rings (SSSR count). The molecule has 140 valence electrons. The van der Waals surface area contributed by atoms with E-state index in [1.165, 1.54) is 6.07 Å². The van der Waals surface area contributed by atoms with E-state index in [2.05, 4.69) is 9.55 Å². The number of hydrogen-bond donors (Lipinski definition) is 1. The summed E-state index contributed by atoms with van der Waals surface area (Å²) >= 11 is 11.9. The SMILES string of the molecule is C[NH+](Cc1c(F)cccc1Cl)Cn1nc(-c2ccncc2)n(C2CC2)c1=S. The third-order valence-corrected chi connectivity index (χ3v) is 5.44. The fourth-order valence-electron chi connectivity index (χ4n) is 3.20. The Hall–Kier alpha value is -2.09. The van der Waals surface area contributed by atoms with Gasteiger partial charge >= 0.3 is 0 Å². The molecule has 1 N–H and O–H groups in total. The molecule has 0 saturated heterocycles. The smallest absolute Gasteiger partial charge is 0.203 e. The Morgan fingerprint density at radius 1 is 1.26 bits per heavy atom. The zero-order valence-electron chi connectivity index (χ0n) is 14.9. The molecular formula is C19H20ClFN5S+. The molecule has 0 radical (unpaired) electrons. The van der Waals surface area contributed by atoms with Crippen molar-refractivity contribution < 1.29 is 9.29 Å². The van der Waals surface area contributed by atoms with Crippen LogP contribution in [-0.2, 0) is 13.2 Å². The number of aromatic nitrogens is 4. The molecule has 0 bridgehead atoms. The number of benzene rings is 1. The number of halogens is 2. The van der Waals surface area contributed by atoms with E-state index in [9.17, 15) is 4.39 Å². The standard InChI is InChI=1S/C19H19ClFN5S/c1-24(11-15-16(20)3-2-4-17(15)21)12-25-19(27)26(14-5-6-14)18(23-25)13-7-9-22-10-8-13/h2-4,7-10,14H,5-6,11-12H2,1H3/p+1. The lowest BCUT2D eigenvalue weighted by Crippen LogP contribution is -3.07. The van der Waals surface area contributed by atoms with Crippen LogP contribution in [0.3, 0.4) is 0 Å². The highest BCUT2D eigenvalue weighted by Gasteiger charge is 2.29. The van der Waals surface area contributed by atoms with Gasteiger partial charge in [0.05, 0.1) is 17.6 Å². The van der Waals surface area contributed by atoms with Crippen LogP contribution >= 0.6 is 23.8 Å². The number of rotatable bonds is 6. The second kappa shape index (κ2) is 7.50. The van der Waals surface area contributed by atoms with Gasteiger partial charge in [-0.05, 0) is 49.3 Å². The normalized spacial score (nSPS) is 15.1. The lowest BCUT2D eigenvalue weighted by molar-refractivity contribution is -0.917. The summed E-state index contributed by atoms with van der Waals surface area (Å²) in [6.07, 6.45) is 5.75. The molecule has 2 aromatic heterocycles. The molecule has 2 heterocycles. The number of nitrogens with zero attached hydrogens (tertiary/aromatic N) is 4. The highest BCUT2D eigenvalue weighted by atomic mass is 35.5. The van der Waals surface area contributed by atoms with E-state index < -0.39 is 0 Å². The van der Waals surface area contributed by atoms with Crippen molar-refractivity contribution in [1.29, 1.82) is 0 Å². The highest BCUT2D eigenvalue weighted by Crippen LogP contribution is 2.38. The molecule has 5 nitrogen and oxygen atoms in total. The Balaban J connectivity index is 1.62. The summed E-state index contributed by atoms with van der Waals surface area (Å²) in [6, 6.07) is 9.05. The average molecular weight is 405 g/mol. The van der Waals surface area contributed by atoms with Gasteiger partial charge in [0, 0.05) is 24.0 Å². The largest absolute Gasteiger partial charge is 0.315 e. The van der Waals surface area contributed by atoms with Crippen molar-refractivity contribution in [3.05, 3.63) is 63.9 Å². The molecule has 1 saturated carbocycles. The van der Waals surface area contributed by atoms with Gasteiger partial charge in [0.1, 0.15) is 12.4 Å². The zero-order chi connectivity index (χ0) is 19.0. The van der Waals surface area contributed by atoms with Crippen molar-refractivity contribution in [3.8, 4) is 11.4 Å². The minimum absolute atomic E-state index is 0.286. The summed E-state index contributed by atoms with van der Waals surface area (Å²) in [5, 5.41) is 5.21. The van der Waals surface area contributed by atoms with E-state index >= 15 is 0 Å². The van der Waals surface area contributed by atoms with E-state index in [-0.39, 0.29) is 5.82 Å². The first-order valence-corrected chi connectivity index (χ1v) is 9.67. The van der Waals surface area contributed by atoms with Crippen molar-refractivity contribution in [3.63, 3.8) is 0 Å². The van der Waals surface area contributed by atoms with Crippen molar-refractivity contribution in [2.75, 3.05) is 7.05 Å². The molecule has 1 unspecified atom stereocenters. The van der Waals surface area contributed by atoms with Crippen LogP contribution < -0.4 is 4.90 Å². The topological polar surface area (TPSA) is 40.1 Å². The molecule has 3 aromatic rings. The quantitative estimate of drug-likeness (QED) is 0.641. The summed E-state index contributed by atoms with van der Waals surface area (Å²) < 4.78 is 18.7. The summed E-state index contributed by atoms with van der Waals surface area (Å²) in [4.78, 5) is 5.12. The Morgan fingerprint density at radius 2 is 2.00 bits per heavy atom. The summed E-state index contributed by atoms with van der Waals surface area (Å²) in [5.74, 6) is 0.577. The minimum Gasteiger partial charge on any atom is -0.315 e. The number of quaternary nitrogens is 1. The van der Waals surface area contributed by atoms with Gasteiger partial charge in [0.25, 0.3) is 0 Å². The fraction of sp³-hybridized carbons (Fsp3) is 0.316. The molecule has 1 aliphatic carbocycles. The lowest BCUT2D eigenvalue weighted by Gasteiger charge is -2.15. The van der Waals surface area contributed by atoms with Crippen LogP contribution in [0.1, 0.15) is 24.4 Å². The molecule has 1 fully saturated rings. The van der Waals surface area contributed by atoms with Crippen LogP contribution in [0.15, 0.2) is 42.7 Å². The van der Waals surface area contributed by atoms with Gasteiger partial charge < -0.3 is 4.90 Å². The Labute approximate surface area is 167 Å². The van der Waals surface area contributed by atoms with Crippen molar-refractivity contribution >= 4 is 23.8 Å². The summed E-state index contributed by atoms with van der Waals surface area (Å²) in [6.45, 7) is 0.982. The van der Waals surface area contributed by atoms with E-state index in [4.69, 9.17) is 28.9 Å². The van der Waals surface area contributed by atoms with Crippen molar-refractivity contribution in [2.24, 2.45) is 0 Å². The fourth-order valence-corrected chi connectivity index (χ4v) is 3.77. The average Bonchev–Trinajstić information content (AvgIpc) is 3.44. The minimum atomic E-state index is -0.286. The predicted molar refractivity (Wildman–Crippen MR) is 105 cm³/mol. The maximum atomic E-state index is 14.1. The van der Waals surface area contributed by atoms with Gasteiger partial charge in [0.2, 0.25) is 4.77 Å². The van der Waals surface area contributed by atoms with Crippen LogP contribution in [0.5, 0.6) is 0 Å². The molecule has 0 amide bonds. The molecular weight excluding hydrogens is 385 g/mol. The van der Waals surface area contributed by atoms with Gasteiger partial charge in [-0.1, -0.05) is 17.7 Å². The molecule has 0 spiro atoms. The first-order chi connectivity index (χ1) is 13.0. The van der Waals surface area contributed by atoms with Gasteiger partial charge in [-0.15, -0.1) is 5.10 Å². The second-order valence-electron chi connectivity index (χ2n) is 6.93. The molecule has 0 aliphatic heterocycles. The maximum Gasteiger partial charge on any atom is 0.203 e. The van der Waals surface area contributed by atoms with Crippen LogP contribution in [0, 0.1) is 10.6 Å². The molecule has 1 aliphatic rings. The lowest BCUT2D eigenvalue weighted by atomic mass is 10.2. The van der Waals surface area contributed by atoms with Crippen molar-refractivity contribution in [2.45, 2.75) is 32.1 Å². The summed E-state index contributed by atoms with van der Waals surface area (Å²) in [7, 11) is 1.98. The number of pyridine rings is 1.